The normalized spacial score (nSPS) is 15.3. The minimum Gasteiger partial charge on any atom is -0.323 e. The molecule has 0 spiro atoms. The molecule has 1 N–H and O–H groups in total. The minimum absolute atomic E-state index is 0.0638. The molecule has 0 aromatic heterocycles. The molecular formula is C23H23Cl2N3O. The van der Waals surface area contributed by atoms with E-state index < -0.39 is 0 Å². The maximum absolute atomic E-state index is 12.6. The molecule has 0 unspecified atom stereocenters. The smallest absolute Gasteiger partial charge is 0.321 e. The van der Waals surface area contributed by atoms with Crippen LogP contribution >= 0.6 is 23.2 Å². The molecule has 0 saturated carbocycles. The molecule has 1 fully saturated rings. The highest BCUT2D eigenvalue weighted by Gasteiger charge is 2.19. The number of hydrogen-bond donors (Lipinski definition) is 1. The zero-order chi connectivity index (χ0) is 20.2. The number of hydrogen-bond acceptors (Lipinski definition) is 2. The van der Waals surface area contributed by atoms with E-state index in [1.54, 1.807) is 12.1 Å². The van der Waals surface area contributed by atoms with Crippen LogP contribution in [0.4, 0.5) is 10.5 Å². The molecular weight excluding hydrogens is 405 g/mol. The molecule has 1 heterocycles. The Balaban J connectivity index is 1.39. The van der Waals surface area contributed by atoms with Gasteiger partial charge in [0.25, 0.3) is 0 Å². The molecule has 1 aliphatic heterocycles. The molecule has 4 rings (SSSR count). The highest BCUT2D eigenvalue weighted by atomic mass is 35.5. The summed E-state index contributed by atoms with van der Waals surface area (Å²) in [6.07, 6.45) is 0.944. The van der Waals surface area contributed by atoms with Crippen LogP contribution in [0.15, 0.2) is 60.7 Å². The van der Waals surface area contributed by atoms with Gasteiger partial charge in [-0.1, -0.05) is 47.5 Å². The Bertz CT molecular complexity index is 1010. The average Bonchev–Trinajstić information content (AvgIpc) is 2.96. The lowest BCUT2D eigenvalue weighted by Crippen LogP contribution is -2.38. The van der Waals surface area contributed by atoms with Crippen LogP contribution in [0.25, 0.3) is 10.8 Å². The number of urea groups is 1. The summed E-state index contributed by atoms with van der Waals surface area (Å²) < 4.78 is 0. The van der Waals surface area contributed by atoms with Crippen LogP contribution in [0.5, 0.6) is 0 Å². The fraction of sp³-hybridized carbons (Fsp3) is 0.261. The molecule has 0 atom stereocenters. The van der Waals surface area contributed by atoms with E-state index in [0.717, 1.165) is 43.3 Å². The number of carbonyl (C=O) groups is 1. The fourth-order valence-electron chi connectivity index (χ4n) is 3.76. The molecule has 1 aliphatic rings. The number of amides is 2. The first-order chi connectivity index (χ1) is 14.1. The van der Waals surface area contributed by atoms with Crippen molar-refractivity contribution in [2.24, 2.45) is 0 Å². The maximum Gasteiger partial charge on any atom is 0.321 e. The Morgan fingerprint density at radius 1 is 0.897 bits per heavy atom. The van der Waals surface area contributed by atoms with Crippen molar-refractivity contribution >= 4 is 45.7 Å². The van der Waals surface area contributed by atoms with Gasteiger partial charge in [0.2, 0.25) is 0 Å². The summed E-state index contributed by atoms with van der Waals surface area (Å²) in [6, 6.07) is 19.5. The van der Waals surface area contributed by atoms with Gasteiger partial charge in [0.05, 0.1) is 0 Å². The van der Waals surface area contributed by atoms with Crippen LogP contribution < -0.4 is 5.32 Å². The van der Waals surface area contributed by atoms with Gasteiger partial charge in [-0.3, -0.25) is 4.90 Å². The summed E-state index contributed by atoms with van der Waals surface area (Å²) in [5.41, 5.74) is 2.03. The Kier molecular flexibility index (Phi) is 6.24. The zero-order valence-electron chi connectivity index (χ0n) is 16.1. The second-order valence-electron chi connectivity index (χ2n) is 7.34. The van der Waals surface area contributed by atoms with E-state index in [2.05, 4.69) is 34.5 Å². The van der Waals surface area contributed by atoms with Crippen LogP contribution in [-0.2, 0) is 6.54 Å². The van der Waals surface area contributed by atoms with E-state index in [9.17, 15) is 4.79 Å². The third kappa shape index (κ3) is 5.02. The van der Waals surface area contributed by atoms with E-state index in [1.807, 2.05) is 29.2 Å². The molecule has 1 saturated heterocycles. The average molecular weight is 428 g/mol. The lowest BCUT2D eigenvalue weighted by atomic mass is 10.0. The predicted molar refractivity (Wildman–Crippen MR) is 121 cm³/mol. The minimum atomic E-state index is -0.0638. The van der Waals surface area contributed by atoms with Crippen molar-refractivity contribution in [1.82, 2.24) is 9.80 Å². The molecule has 4 nitrogen and oxygen atoms in total. The second kappa shape index (κ2) is 9.04. The van der Waals surface area contributed by atoms with Gasteiger partial charge in [-0.2, -0.15) is 0 Å². The van der Waals surface area contributed by atoms with Crippen molar-refractivity contribution in [3.63, 3.8) is 0 Å². The van der Waals surface area contributed by atoms with Crippen molar-refractivity contribution in [3.05, 3.63) is 76.3 Å². The number of fused-ring (bicyclic) bond motifs is 1. The number of carbonyl (C=O) groups excluding carboxylic acids is 1. The van der Waals surface area contributed by atoms with E-state index in [4.69, 9.17) is 23.2 Å². The number of halogens is 2. The summed E-state index contributed by atoms with van der Waals surface area (Å²) >= 11 is 12.1. The van der Waals surface area contributed by atoms with Gasteiger partial charge >= 0.3 is 6.03 Å². The van der Waals surface area contributed by atoms with E-state index in [-0.39, 0.29) is 6.03 Å². The molecule has 29 heavy (non-hydrogen) atoms. The lowest BCUT2D eigenvalue weighted by Gasteiger charge is -2.23. The maximum atomic E-state index is 12.6. The summed E-state index contributed by atoms with van der Waals surface area (Å²) in [5, 5.41) is 6.76. The van der Waals surface area contributed by atoms with Crippen LogP contribution in [0.2, 0.25) is 10.0 Å². The topological polar surface area (TPSA) is 35.6 Å². The van der Waals surface area contributed by atoms with Crippen molar-refractivity contribution in [3.8, 4) is 0 Å². The van der Waals surface area contributed by atoms with Crippen LogP contribution in [0.1, 0.15) is 12.0 Å². The van der Waals surface area contributed by atoms with Gasteiger partial charge in [0, 0.05) is 48.5 Å². The number of nitrogens with zero attached hydrogens (tertiary/aromatic N) is 2. The molecule has 0 aliphatic carbocycles. The monoisotopic (exact) mass is 427 g/mol. The highest BCUT2D eigenvalue weighted by Crippen LogP contribution is 2.24. The highest BCUT2D eigenvalue weighted by molar-refractivity contribution is 6.31. The number of rotatable bonds is 3. The molecule has 2 amide bonds. The van der Waals surface area contributed by atoms with Crippen molar-refractivity contribution in [2.75, 3.05) is 31.5 Å². The summed E-state index contributed by atoms with van der Waals surface area (Å²) in [4.78, 5) is 16.9. The molecule has 6 heteroatoms. The Hall–Kier alpha value is -2.27. The summed E-state index contributed by atoms with van der Waals surface area (Å²) in [7, 11) is 0. The van der Waals surface area contributed by atoms with E-state index in [1.165, 1.54) is 16.3 Å². The van der Waals surface area contributed by atoms with Gasteiger partial charge in [0.15, 0.2) is 0 Å². The first kappa shape index (κ1) is 20.0. The largest absolute Gasteiger partial charge is 0.323 e. The Morgan fingerprint density at radius 2 is 1.69 bits per heavy atom. The van der Waals surface area contributed by atoms with E-state index in [0.29, 0.717) is 11.6 Å². The molecule has 0 radical (unpaired) electrons. The summed E-state index contributed by atoms with van der Waals surface area (Å²) in [5.74, 6) is 0. The van der Waals surface area contributed by atoms with Gasteiger partial charge < -0.3 is 10.2 Å². The third-order valence-corrected chi connectivity index (χ3v) is 5.79. The van der Waals surface area contributed by atoms with Gasteiger partial charge in [-0.05, 0) is 59.2 Å². The first-order valence-corrected chi connectivity index (χ1v) is 10.5. The number of anilines is 1. The van der Waals surface area contributed by atoms with Crippen molar-refractivity contribution in [1.29, 1.82) is 0 Å². The molecule has 0 bridgehead atoms. The van der Waals surface area contributed by atoms with Crippen LogP contribution in [-0.4, -0.2) is 42.0 Å². The van der Waals surface area contributed by atoms with Crippen LogP contribution in [0.3, 0.4) is 0 Å². The number of nitrogens with one attached hydrogen (secondary N) is 1. The number of benzene rings is 3. The predicted octanol–water partition coefficient (Wildman–Crippen LogP) is 5.89. The SMILES string of the molecule is O=C(Nc1ccc(Cl)cc1)N1CCCN(Cc2cccc3ccc(Cl)cc23)CC1. The van der Waals surface area contributed by atoms with Crippen molar-refractivity contribution in [2.45, 2.75) is 13.0 Å². The molecule has 3 aromatic carbocycles. The van der Waals surface area contributed by atoms with E-state index >= 15 is 0 Å². The Labute approximate surface area is 181 Å². The summed E-state index contributed by atoms with van der Waals surface area (Å²) in [6.45, 7) is 4.10. The molecule has 3 aromatic rings. The molecule has 150 valence electrons. The lowest BCUT2D eigenvalue weighted by molar-refractivity contribution is 0.211. The fourth-order valence-corrected chi connectivity index (χ4v) is 4.05. The third-order valence-electron chi connectivity index (χ3n) is 5.30. The van der Waals surface area contributed by atoms with Crippen LogP contribution in [0, 0.1) is 0 Å². The van der Waals surface area contributed by atoms with Gasteiger partial charge in [-0.15, -0.1) is 0 Å². The first-order valence-electron chi connectivity index (χ1n) is 9.79. The van der Waals surface area contributed by atoms with Crippen molar-refractivity contribution < 1.29 is 4.79 Å². The quantitative estimate of drug-likeness (QED) is 0.565. The van der Waals surface area contributed by atoms with Gasteiger partial charge in [0.1, 0.15) is 0 Å². The van der Waals surface area contributed by atoms with Gasteiger partial charge in [-0.25, -0.2) is 4.79 Å². The standard InChI is InChI=1S/C23H23Cl2N3O/c24-19-7-9-21(10-8-19)26-23(29)28-12-2-11-27(13-14-28)16-18-4-1-3-17-5-6-20(25)15-22(17)18/h1,3-10,15H,2,11-14,16H2,(H,26,29). The zero-order valence-corrected chi connectivity index (χ0v) is 17.6. The Morgan fingerprint density at radius 3 is 2.52 bits per heavy atom. The second-order valence-corrected chi connectivity index (χ2v) is 8.21.